The molecule has 66 heavy (non-hydrogen) atoms. The summed E-state index contributed by atoms with van der Waals surface area (Å²) in [6.45, 7) is 18.5. The Morgan fingerprint density at radius 2 is 0.712 bits per heavy atom. The number of fused-ring (bicyclic) bond motifs is 6. The summed E-state index contributed by atoms with van der Waals surface area (Å²) in [4.78, 5) is 71.5. The van der Waals surface area contributed by atoms with Crippen molar-refractivity contribution in [1.29, 1.82) is 0 Å². The van der Waals surface area contributed by atoms with Crippen molar-refractivity contribution < 1.29 is 19.2 Å². The van der Waals surface area contributed by atoms with Gasteiger partial charge < -0.3 is 0 Å². The molecule has 2 fully saturated rings. The predicted molar refractivity (Wildman–Crippen MR) is 294 cm³/mol. The maximum atomic E-state index is 13.8. The van der Waals surface area contributed by atoms with Gasteiger partial charge in [0.05, 0.1) is 0 Å². The Morgan fingerprint density at radius 1 is 0.439 bits per heavy atom. The molecule has 350 valence electrons. The van der Waals surface area contributed by atoms with Crippen LogP contribution >= 0.6 is 69.8 Å². The van der Waals surface area contributed by atoms with Crippen molar-refractivity contribution in [3.63, 3.8) is 0 Å². The third-order valence-electron chi connectivity index (χ3n) is 14.2. The molecule has 0 spiro atoms. The fraction of sp³-hybridized carbons (Fsp3) is 0.480. The number of hydrogen-bond acceptors (Lipinski definition) is 10. The van der Waals surface area contributed by atoms with Crippen LogP contribution in [-0.2, 0) is 19.2 Å². The van der Waals surface area contributed by atoms with Gasteiger partial charge in [-0.1, -0.05) is 0 Å². The third kappa shape index (κ3) is 8.20. The molecule has 4 aliphatic rings. The molecule has 2 saturated heterocycles. The SMILES string of the molecule is CCC[CH2][Ge]1([CH2]CCC)[c]2cc(C=C3C(=O)N(CC)C(=S)N(CC)C3=O)sc2-c2sc(-c3c[c]4c(s3)-c3sc(C=C5C(=O)N(CC)C(=S)N(CC)C5=O)c[c]3[Ge]4([CH2]CCC)[CH2]CCC)c[c]21. The zero-order valence-electron chi connectivity index (χ0n) is 39.6. The van der Waals surface area contributed by atoms with Crippen molar-refractivity contribution in [3.8, 4) is 29.3 Å². The molecule has 4 aromatic heterocycles. The van der Waals surface area contributed by atoms with E-state index in [1.807, 2.05) is 62.5 Å². The Bertz CT molecular complexity index is 2430. The first-order valence-corrected chi connectivity index (χ1v) is 38.4. The number of carbonyl (C=O) groups excluding carboxylic acids is 4. The van der Waals surface area contributed by atoms with Crippen LogP contribution in [0.5, 0.6) is 0 Å². The molecule has 0 atom stereocenters. The van der Waals surface area contributed by atoms with E-state index in [0.29, 0.717) is 36.4 Å². The molecule has 8 heterocycles. The predicted octanol–water partition coefficient (Wildman–Crippen LogP) is 10.6. The number of amides is 4. The molecular formula is C50H62Ge2N4O4S6. The van der Waals surface area contributed by atoms with Crippen molar-refractivity contribution in [2.24, 2.45) is 0 Å². The summed E-state index contributed by atoms with van der Waals surface area (Å²) in [5.74, 6) is -1.21. The van der Waals surface area contributed by atoms with Gasteiger partial charge >= 0.3 is 427 Å². The van der Waals surface area contributed by atoms with E-state index in [-0.39, 0.29) is 34.8 Å². The van der Waals surface area contributed by atoms with E-state index in [2.05, 4.69) is 52.0 Å². The minimum atomic E-state index is -2.93. The van der Waals surface area contributed by atoms with E-state index in [1.165, 1.54) is 76.0 Å². The molecule has 0 unspecified atom stereocenters. The summed E-state index contributed by atoms with van der Waals surface area (Å²) in [5, 5.41) is 5.55. The molecule has 4 aliphatic heterocycles. The second-order valence-corrected chi connectivity index (χ2v) is 40.7. The van der Waals surface area contributed by atoms with Gasteiger partial charge in [0, 0.05) is 0 Å². The molecular weight excluding hydrogens is 1060 g/mol. The quantitative estimate of drug-likeness (QED) is 0.0403. The molecule has 4 aromatic rings. The molecule has 16 heteroatoms. The first-order valence-electron chi connectivity index (χ1n) is 24.2. The number of thiocarbonyl (C=S) groups is 2. The third-order valence-corrected chi connectivity index (χ3v) is 43.6. The van der Waals surface area contributed by atoms with Crippen molar-refractivity contribution in [1.82, 2.24) is 19.6 Å². The molecule has 4 amide bonds. The maximum absolute atomic E-state index is 13.8. The van der Waals surface area contributed by atoms with Gasteiger partial charge in [-0.05, 0) is 0 Å². The second-order valence-electron chi connectivity index (χ2n) is 17.9. The number of unbranched alkanes of at least 4 members (excludes halogenated alkanes) is 4. The number of hydrogen-bond donors (Lipinski definition) is 0. The van der Waals surface area contributed by atoms with Crippen LogP contribution in [0.3, 0.4) is 0 Å². The molecule has 0 saturated carbocycles. The van der Waals surface area contributed by atoms with E-state index in [0.717, 1.165) is 35.4 Å². The zero-order chi connectivity index (χ0) is 47.2. The van der Waals surface area contributed by atoms with Crippen molar-refractivity contribution in [2.75, 3.05) is 26.2 Å². The van der Waals surface area contributed by atoms with Gasteiger partial charge in [0.15, 0.2) is 0 Å². The van der Waals surface area contributed by atoms with Gasteiger partial charge in [0.1, 0.15) is 0 Å². The summed E-state index contributed by atoms with van der Waals surface area (Å²) < 4.78 is 6.35. The molecule has 0 aliphatic carbocycles. The second kappa shape index (κ2) is 20.4. The number of rotatable bonds is 19. The fourth-order valence-electron chi connectivity index (χ4n) is 10.7. The number of nitrogens with zero attached hydrogens (tertiary/aromatic N) is 4. The number of likely N-dealkylation sites (N-methyl/N-ethyl adjacent to an activating group) is 4. The summed E-state index contributed by atoms with van der Waals surface area (Å²) in [6.07, 6.45) is 13.1. The van der Waals surface area contributed by atoms with Gasteiger partial charge in [-0.2, -0.15) is 0 Å². The average molecular weight is 1120 g/mol. The standard InChI is InChI=1S/C50H62Ge2N4O4S6/c1-9-17-21-51(22-18-10-2)35-27-31(25-33-45(57)53(13-5)49(61)54(14-6)46(33)58)63-41(35)43-37(51)29-39(65-43)40-30-38-44(66-40)42-36(52(38,23-19-11-3)24-20-12-4)28-32(64-42)26-34-47(59)55(15-7)50(62)56(16-8)48(34)60/h25-30H,9-24H2,1-8H3. The monoisotopic (exact) mass is 1120 g/mol. The van der Waals surface area contributed by atoms with Crippen LogP contribution < -0.4 is 17.6 Å². The Balaban J connectivity index is 1.25. The van der Waals surface area contributed by atoms with Crippen LogP contribution in [0.4, 0.5) is 0 Å². The Hall–Kier alpha value is -2.57. The Labute approximate surface area is 423 Å². The van der Waals surface area contributed by atoms with Crippen LogP contribution in [0.2, 0.25) is 21.0 Å². The average Bonchev–Trinajstić information content (AvgIpc) is 4.16. The summed E-state index contributed by atoms with van der Waals surface area (Å²) >= 11 is 12.8. The van der Waals surface area contributed by atoms with E-state index >= 15 is 0 Å². The van der Waals surface area contributed by atoms with Gasteiger partial charge in [-0.15, -0.1) is 0 Å². The Morgan fingerprint density at radius 3 is 0.985 bits per heavy atom. The minimum absolute atomic E-state index is 0.201. The molecule has 0 bridgehead atoms. The summed E-state index contributed by atoms with van der Waals surface area (Å²) in [7, 11) is 0. The van der Waals surface area contributed by atoms with Crippen LogP contribution in [0.1, 0.15) is 117 Å². The fourth-order valence-corrected chi connectivity index (χ4v) is 46.1. The van der Waals surface area contributed by atoms with Crippen molar-refractivity contribution >= 4 is 160 Å². The first kappa shape index (κ1) is 49.8. The van der Waals surface area contributed by atoms with Crippen LogP contribution in [0.25, 0.3) is 41.4 Å². The summed E-state index contributed by atoms with van der Waals surface area (Å²) in [6, 6.07) is 9.99. The molecule has 0 N–H and O–H groups in total. The van der Waals surface area contributed by atoms with Gasteiger partial charge in [-0.3, -0.25) is 0 Å². The van der Waals surface area contributed by atoms with Crippen LogP contribution in [0, 0.1) is 0 Å². The van der Waals surface area contributed by atoms with Crippen molar-refractivity contribution in [3.05, 3.63) is 45.2 Å². The van der Waals surface area contributed by atoms with E-state index < -0.39 is 26.5 Å². The van der Waals surface area contributed by atoms with Crippen molar-refractivity contribution in [2.45, 2.75) is 128 Å². The Kier molecular flexibility index (Phi) is 15.4. The van der Waals surface area contributed by atoms with Crippen LogP contribution in [0.15, 0.2) is 35.4 Å². The van der Waals surface area contributed by atoms with E-state index in [4.69, 9.17) is 24.4 Å². The molecule has 0 radical (unpaired) electrons. The zero-order valence-corrected chi connectivity index (χ0v) is 48.7. The van der Waals surface area contributed by atoms with E-state index in [9.17, 15) is 19.2 Å². The molecule has 0 aromatic carbocycles. The van der Waals surface area contributed by atoms with Gasteiger partial charge in [0.2, 0.25) is 0 Å². The normalized spacial score (nSPS) is 17.4. The molecule has 8 nitrogen and oxygen atoms in total. The number of carbonyl (C=O) groups is 4. The molecule has 8 rings (SSSR count). The first-order chi connectivity index (χ1) is 31.8. The number of thiophene rings is 4. The van der Waals surface area contributed by atoms with E-state index in [1.54, 1.807) is 59.9 Å². The van der Waals surface area contributed by atoms with Gasteiger partial charge in [-0.25, -0.2) is 0 Å². The van der Waals surface area contributed by atoms with Crippen LogP contribution in [-0.4, -0.2) is 106 Å². The summed E-state index contributed by atoms with van der Waals surface area (Å²) in [5.41, 5.74) is 0.402. The topological polar surface area (TPSA) is 81.2 Å². The van der Waals surface area contributed by atoms with Gasteiger partial charge in [0.25, 0.3) is 0 Å².